The first-order valence-corrected chi connectivity index (χ1v) is 6.33. The topological polar surface area (TPSA) is 85.9 Å². The minimum Gasteiger partial charge on any atom is -0.308 e. The highest BCUT2D eigenvalue weighted by Gasteiger charge is 2.24. The normalized spacial score (nSPS) is 14.4. The van der Waals surface area contributed by atoms with Crippen molar-refractivity contribution < 1.29 is 13.7 Å². The van der Waals surface area contributed by atoms with Gasteiger partial charge in [-0.3, -0.25) is 10.1 Å². The zero-order chi connectivity index (χ0) is 15.0. The second-order valence-electron chi connectivity index (χ2n) is 4.82. The number of hydrogen-bond acceptors (Lipinski definition) is 5. The van der Waals surface area contributed by atoms with Crippen LogP contribution >= 0.6 is 0 Å². The molecule has 1 saturated carbocycles. The van der Waals surface area contributed by atoms with Gasteiger partial charge in [-0.15, -0.1) is 5.10 Å². The fourth-order valence-corrected chi connectivity index (χ4v) is 1.94. The number of nitrogens with one attached hydrogen (secondary N) is 1. The van der Waals surface area contributed by atoms with Crippen molar-refractivity contribution in [1.29, 1.82) is 0 Å². The number of hydrogen-bond donors (Lipinski definition) is 1. The molecule has 1 fully saturated rings. The van der Waals surface area contributed by atoms with Crippen LogP contribution in [0.1, 0.15) is 18.5 Å². The molecule has 1 aromatic heterocycles. The number of halogens is 2. The molecule has 110 valence electrons. The molecule has 21 heavy (non-hydrogen) atoms. The Hall–Kier alpha value is -2.42. The summed E-state index contributed by atoms with van der Waals surface area (Å²) in [6.07, 6.45) is 3.59. The molecule has 0 amide bonds. The van der Waals surface area contributed by atoms with Crippen molar-refractivity contribution in [2.24, 2.45) is 0 Å². The van der Waals surface area contributed by atoms with Gasteiger partial charge in [-0.25, -0.2) is 13.5 Å². The molecule has 3 rings (SSSR count). The third-order valence-electron chi connectivity index (χ3n) is 3.12. The predicted molar refractivity (Wildman–Crippen MR) is 67.8 cm³/mol. The van der Waals surface area contributed by atoms with E-state index >= 15 is 0 Å². The molecule has 2 aromatic rings. The smallest absolute Gasteiger partial charge is 0.300 e. The second kappa shape index (κ2) is 5.17. The number of nitro groups is 1. The Morgan fingerprint density at radius 3 is 2.86 bits per heavy atom. The molecule has 0 spiro atoms. The molecule has 0 bridgehead atoms. The molecule has 1 N–H and O–H groups in total. The summed E-state index contributed by atoms with van der Waals surface area (Å²) in [7, 11) is 0. The molecule has 0 atom stereocenters. The van der Waals surface area contributed by atoms with Crippen molar-refractivity contribution in [3.63, 3.8) is 0 Å². The van der Waals surface area contributed by atoms with Gasteiger partial charge in [-0.05, 0) is 12.8 Å². The van der Waals surface area contributed by atoms with Crippen molar-refractivity contribution in [3.8, 4) is 5.69 Å². The maximum absolute atomic E-state index is 13.8. The van der Waals surface area contributed by atoms with E-state index in [-0.39, 0.29) is 0 Å². The summed E-state index contributed by atoms with van der Waals surface area (Å²) in [5.41, 5.74) is -0.592. The Kier molecular flexibility index (Phi) is 3.34. The lowest BCUT2D eigenvalue weighted by atomic mass is 10.2. The minimum absolute atomic E-state index is 0.424. The van der Waals surface area contributed by atoms with Crippen LogP contribution < -0.4 is 5.32 Å². The Balaban J connectivity index is 1.93. The van der Waals surface area contributed by atoms with Gasteiger partial charge < -0.3 is 5.32 Å². The van der Waals surface area contributed by atoms with E-state index in [0.29, 0.717) is 30.4 Å². The van der Waals surface area contributed by atoms with Crippen LogP contribution in [0, 0.1) is 21.7 Å². The van der Waals surface area contributed by atoms with Crippen molar-refractivity contribution >= 4 is 5.69 Å². The van der Waals surface area contributed by atoms with Gasteiger partial charge in [-0.2, -0.15) is 0 Å². The van der Waals surface area contributed by atoms with E-state index in [1.54, 1.807) is 0 Å². The Labute approximate surface area is 117 Å². The number of benzene rings is 1. The number of rotatable bonds is 5. The molecule has 0 aliphatic heterocycles. The fraction of sp³-hybridized carbons (Fsp3) is 0.333. The lowest BCUT2D eigenvalue weighted by Crippen LogP contribution is -2.15. The summed E-state index contributed by atoms with van der Waals surface area (Å²) in [4.78, 5) is 10.1. The summed E-state index contributed by atoms with van der Waals surface area (Å²) in [6, 6.07) is 1.70. The third-order valence-corrected chi connectivity index (χ3v) is 3.12. The third kappa shape index (κ3) is 2.87. The lowest BCUT2D eigenvalue weighted by molar-refractivity contribution is -0.385. The van der Waals surface area contributed by atoms with E-state index in [4.69, 9.17) is 0 Å². The highest BCUT2D eigenvalue weighted by molar-refractivity contribution is 5.53. The molecule has 0 radical (unpaired) electrons. The zero-order valence-corrected chi connectivity index (χ0v) is 10.8. The SMILES string of the molecule is O=[N+]([O-])c1cc(F)cc(F)c1-n1cc(CNC2CC2)nn1. The van der Waals surface area contributed by atoms with Crippen LogP contribution in [0.2, 0.25) is 0 Å². The van der Waals surface area contributed by atoms with E-state index < -0.39 is 27.9 Å². The van der Waals surface area contributed by atoms with Crippen molar-refractivity contribution in [3.05, 3.63) is 45.8 Å². The first-order chi connectivity index (χ1) is 10.0. The van der Waals surface area contributed by atoms with Crippen LogP contribution in [0.15, 0.2) is 18.3 Å². The highest BCUT2D eigenvalue weighted by atomic mass is 19.1. The first-order valence-electron chi connectivity index (χ1n) is 6.33. The summed E-state index contributed by atoms with van der Waals surface area (Å²) in [6.45, 7) is 0.446. The van der Waals surface area contributed by atoms with Crippen LogP contribution in [0.3, 0.4) is 0 Å². The molecule has 1 heterocycles. The molecule has 1 aromatic carbocycles. The van der Waals surface area contributed by atoms with Gasteiger partial charge >= 0.3 is 5.69 Å². The molecule has 9 heteroatoms. The quantitative estimate of drug-likeness (QED) is 0.670. The maximum atomic E-state index is 13.8. The fourth-order valence-electron chi connectivity index (χ4n) is 1.94. The van der Waals surface area contributed by atoms with Gasteiger partial charge in [0, 0.05) is 18.7 Å². The molecule has 0 unspecified atom stereocenters. The number of nitro benzene ring substituents is 1. The Bertz CT molecular complexity index is 699. The van der Waals surface area contributed by atoms with Gasteiger partial charge in [0.25, 0.3) is 0 Å². The number of aromatic nitrogens is 3. The van der Waals surface area contributed by atoms with Crippen molar-refractivity contribution in [1.82, 2.24) is 20.3 Å². The van der Waals surface area contributed by atoms with E-state index in [9.17, 15) is 18.9 Å². The standard InChI is InChI=1S/C12H11F2N5O2/c13-7-3-10(14)12(11(4-7)19(20)21)18-6-9(16-17-18)5-15-8-1-2-8/h3-4,6,8,15H,1-2,5H2. The molecule has 1 aliphatic carbocycles. The van der Waals surface area contributed by atoms with Crippen LogP contribution in [-0.2, 0) is 6.54 Å². The molecular formula is C12H11F2N5O2. The lowest BCUT2D eigenvalue weighted by Gasteiger charge is -2.03. The average molecular weight is 295 g/mol. The van der Waals surface area contributed by atoms with Crippen LogP contribution in [0.5, 0.6) is 0 Å². The van der Waals surface area contributed by atoms with E-state index in [1.807, 2.05) is 0 Å². The van der Waals surface area contributed by atoms with E-state index in [1.165, 1.54) is 6.20 Å². The average Bonchev–Trinajstić information content (AvgIpc) is 3.14. The van der Waals surface area contributed by atoms with Gasteiger partial charge in [0.05, 0.1) is 22.9 Å². The first kappa shape index (κ1) is 13.6. The Morgan fingerprint density at radius 1 is 1.43 bits per heavy atom. The van der Waals surface area contributed by atoms with E-state index in [2.05, 4.69) is 15.6 Å². The Morgan fingerprint density at radius 2 is 2.19 bits per heavy atom. The van der Waals surface area contributed by atoms with Gasteiger partial charge in [0.2, 0.25) is 0 Å². The summed E-state index contributed by atoms with van der Waals surface area (Å²) < 4.78 is 27.9. The minimum atomic E-state index is -1.06. The summed E-state index contributed by atoms with van der Waals surface area (Å²) >= 11 is 0. The molecule has 7 nitrogen and oxygen atoms in total. The van der Waals surface area contributed by atoms with Crippen molar-refractivity contribution in [2.45, 2.75) is 25.4 Å². The zero-order valence-electron chi connectivity index (χ0n) is 10.8. The van der Waals surface area contributed by atoms with Crippen LogP contribution in [0.25, 0.3) is 5.69 Å². The maximum Gasteiger partial charge on any atom is 0.300 e. The van der Waals surface area contributed by atoms with Crippen LogP contribution in [-0.4, -0.2) is 26.0 Å². The van der Waals surface area contributed by atoms with Gasteiger partial charge in [0.15, 0.2) is 11.5 Å². The summed E-state index contributed by atoms with van der Waals surface area (Å²) in [5, 5.41) is 21.6. The summed E-state index contributed by atoms with van der Waals surface area (Å²) in [5.74, 6) is -2.08. The molecule has 0 saturated heterocycles. The van der Waals surface area contributed by atoms with E-state index in [0.717, 1.165) is 17.5 Å². The van der Waals surface area contributed by atoms with Gasteiger partial charge in [-0.1, -0.05) is 5.21 Å². The van der Waals surface area contributed by atoms with Crippen LogP contribution in [0.4, 0.5) is 14.5 Å². The van der Waals surface area contributed by atoms with Crippen molar-refractivity contribution in [2.75, 3.05) is 0 Å². The largest absolute Gasteiger partial charge is 0.308 e. The molecule has 1 aliphatic rings. The monoisotopic (exact) mass is 295 g/mol. The van der Waals surface area contributed by atoms with Gasteiger partial charge in [0.1, 0.15) is 5.82 Å². The number of nitrogens with zero attached hydrogens (tertiary/aromatic N) is 4. The predicted octanol–water partition coefficient (Wildman–Crippen LogP) is 1.71. The highest BCUT2D eigenvalue weighted by Crippen LogP contribution is 2.26. The second-order valence-corrected chi connectivity index (χ2v) is 4.82. The molecular weight excluding hydrogens is 284 g/mol.